The van der Waals surface area contributed by atoms with Crippen LogP contribution in [0.3, 0.4) is 0 Å². The lowest BCUT2D eigenvalue weighted by Crippen LogP contribution is -2.47. The normalized spacial score (nSPS) is 17.6. The predicted molar refractivity (Wildman–Crippen MR) is 113 cm³/mol. The SMILES string of the molecule is Cc1cccc(N2CCN(c3ncnc4c3nc3n4CCCCC3)CC2)c1C. The molecule has 1 saturated heterocycles. The van der Waals surface area contributed by atoms with Gasteiger partial charge in [-0.25, -0.2) is 15.0 Å². The Kier molecular flexibility index (Phi) is 4.41. The van der Waals surface area contributed by atoms with Crippen molar-refractivity contribution in [1.82, 2.24) is 19.5 Å². The van der Waals surface area contributed by atoms with E-state index in [1.165, 1.54) is 41.9 Å². The minimum Gasteiger partial charge on any atom is -0.368 e. The van der Waals surface area contributed by atoms with Crippen molar-refractivity contribution < 1.29 is 0 Å². The molecule has 146 valence electrons. The van der Waals surface area contributed by atoms with Gasteiger partial charge in [-0.3, -0.25) is 0 Å². The van der Waals surface area contributed by atoms with Gasteiger partial charge < -0.3 is 14.4 Å². The molecule has 0 saturated carbocycles. The van der Waals surface area contributed by atoms with Crippen LogP contribution in [0.5, 0.6) is 0 Å². The van der Waals surface area contributed by atoms with E-state index in [2.05, 4.69) is 56.4 Å². The smallest absolute Gasteiger partial charge is 0.165 e. The first kappa shape index (κ1) is 17.5. The Morgan fingerprint density at radius 2 is 1.68 bits per heavy atom. The van der Waals surface area contributed by atoms with Crippen LogP contribution in [0.2, 0.25) is 0 Å². The summed E-state index contributed by atoms with van der Waals surface area (Å²) in [6.45, 7) is 9.37. The largest absolute Gasteiger partial charge is 0.368 e. The lowest BCUT2D eigenvalue weighted by atomic mass is 10.1. The Morgan fingerprint density at radius 3 is 2.54 bits per heavy atom. The average molecular weight is 377 g/mol. The predicted octanol–water partition coefficient (Wildman–Crippen LogP) is 3.50. The maximum atomic E-state index is 4.97. The van der Waals surface area contributed by atoms with Gasteiger partial charge in [0.25, 0.3) is 0 Å². The van der Waals surface area contributed by atoms with E-state index in [-0.39, 0.29) is 0 Å². The van der Waals surface area contributed by atoms with Crippen LogP contribution in [-0.4, -0.2) is 45.7 Å². The Hall–Kier alpha value is -2.63. The van der Waals surface area contributed by atoms with E-state index in [1.807, 2.05) is 0 Å². The van der Waals surface area contributed by atoms with E-state index in [9.17, 15) is 0 Å². The number of aryl methyl sites for hydroxylation is 3. The zero-order chi connectivity index (χ0) is 19.1. The summed E-state index contributed by atoms with van der Waals surface area (Å²) in [5, 5.41) is 0. The van der Waals surface area contributed by atoms with Gasteiger partial charge in [0, 0.05) is 44.8 Å². The minimum atomic E-state index is 0.960. The van der Waals surface area contributed by atoms with E-state index >= 15 is 0 Å². The summed E-state index contributed by atoms with van der Waals surface area (Å²) in [6.07, 6.45) is 6.49. The molecule has 2 aliphatic heterocycles. The van der Waals surface area contributed by atoms with Crippen molar-refractivity contribution in [1.29, 1.82) is 0 Å². The summed E-state index contributed by atoms with van der Waals surface area (Å²) in [6, 6.07) is 6.60. The van der Waals surface area contributed by atoms with Gasteiger partial charge in [0.05, 0.1) is 0 Å². The Morgan fingerprint density at radius 1 is 0.857 bits per heavy atom. The van der Waals surface area contributed by atoms with Gasteiger partial charge in [0.1, 0.15) is 12.2 Å². The minimum absolute atomic E-state index is 0.960. The number of piperazine rings is 1. The zero-order valence-corrected chi connectivity index (χ0v) is 16.9. The van der Waals surface area contributed by atoms with Gasteiger partial charge in [-0.15, -0.1) is 0 Å². The Bertz CT molecular complexity index is 1000. The molecular weight excluding hydrogens is 348 g/mol. The van der Waals surface area contributed by atoms with Crippen LogP contribution in [0.1, 0.15) is 36.2 Å². The first-order valence-corrected chi connectivity index (χ1v) is 10.5. The van der Waals surface area contributed by atoms with Gasteiger partial charge in [0.15, 0.2) is 17.0 Å². The second-order valence-electron chi connectivity index (χ2n) is 8.05. The highest BCUT2D eigenvalue weighted by molar-refractivity contribution is 5.84. The zero-order valence-electron chi connectivity index (χ0n) is 16.9. The molecule has 0 unspecified atom stereocenters. The van der Waals surface area contributed by atoms with Crippen molar-refractivity contribution in [2.45, 2.75) is 46.1 Å². The lowest BCUT2D eigenvalue weighted by Gasteiger charge is -2.37. The molecule has 0 N–H and O–H groups in total. The van der Waals surface area contributed by atoms with Crippen LogP contribution in [0.15, 0.2) is 24.5 Å². The Labute approximate surface area is 166 Å². The summed E-state index contributed by atoms with van der Waals surface area (Å²) in [5.41, 5.74) is 6.11. The molecule has 0 aliphatic carbocycles. The number of hydrogen-bond donors (Lipinski definition) is 0. The molecule has 6 heteroatoms. The molecule has 0 amide bonds. The van der Waals surface area contributed by atoms with Crippen molar-refractivity contribution in [3.05, 3.63) is 41.5 Å². The van der Waals surface area contributed by atoms with Crippen LogP contribution >= 0.6 is 0 Å². The van der Waals surface area contributed by atoms with E-state index in [1.54, 1.807) is 6.33 Å². The molecular formula is C22H28N6. The van der Waals surface area contributed by atoms with Crippen LogP contribution < -0.4 is 9.80 Å². The number of benzene rings is 1. The third-order valence-electron chi connectivity index (χ3n) is 6.37. The molecule has 3 aromatic rings. The first-order valence-electron chi connectivity index (χ1n) is 10.5. The molecule has 1 fully saturated rings. The molecule has 4 heterocycles. The molecule has 1 aromatic carbocycles. The summed E-state index contributed by atoms with van der Waals surface area (Å²) in [4.78, 5) is 19.1. The van der Waals surface area contributed by atoms with Gasteiger partial charge in [-0.2, -0.15) is 0 Å². The third-order valence-corrected chi connectivity index (χ3v) is 6.37. The lowest BCUT2D eigenvalue weighted by molar-refractivity contribution is 0.641. The molecule has 28 heavy (non-hydrogen) atoms. The topological polar surface area (TPSA) is 50.1 Å². The number of imidazole rings is 1. The summed E-state index contributed by atoms with van der Waals surface area (Å²) >= 11 is 0. The van der Waals surface area contributed by atoms with E-state index in [4.69, 9.17) is 4.98 Å². The van der Waals surface area contributed by atoms with Crippen LogP contribution in [-0.2, 0) is 13.0 Å². The highest BCUT2D eigenvalue weighted by atomic mass is 15.3. The van der Waals surface area contributed by atoms with Gasteiger partial charge in [-0.05, 0) is 43.9 Å². The van der Waals surface area contributed by atoms with E-state index < -0.39 is 0 Å². The average Bonchev–Trinajstić information content (AvgIpc) is 2.91. The second-order valence-corrected chi connectivity index (χ2v) is 8.05. The summed E-state index contributed by atoms with van der Waals surface area (Å²) in [7, 11) is 0. The monoisotopic (exact) mass is 376 g/mol. The summed E-state index contributed by atoms with van der Waals surface area (Å²) in [5.74, 6) is 2.19. The van der Waals surface area contributed by atoms with Crippen molar-refractivity contribution in [2.75, 3.05) is 36.0 Å². The van der Waals surface area contributed by atoms with Crippen molar-refractivity contribution >= 4 is 22.7 Å². The van der Waals surface area contributed by atoms with E-state index in [0.717, 1.165) is 56.1 Å². The molecule has 0 spiro atoms. The fourth-order valence-electron chi connectivity index (χ4n) is 4.59. The number of nitrogens with zero attached hydrogens (tertiary/aromatic N) is 6. The van der Waals surface area contributed by atoms with Crippen LogP contribution in [0.4, 0.5) is 11.5 Å². The van der Waals surface area contributed by atoms with Gasteiger partial charge in [-0.1, -0.05) is 18.6 Å². The fourth-order valence-corrected chi connectivity index (χ4v) is 4.59. The van der Waals surface area contributed by atoms with Crippen molar-refractivity contribution in [3.63, 3.8) is 0 Å². The van der Waals surface area contributed by atoms with Crippen LogP contribution in [0, 0.1) is 13.8 Å². The molecule has 2 aliphatic rings. The summed E-state index contributed by atoms with van der Waals surface area (Å²) < 4.78 is 2.32. The quantitative estimate of drug-likeness (QED) is 0.685. The number of hydrogen-bond acceptors (Lipinski definition) is 5. The number of anilines is 2. The molecule has 0 radical (unpaired) electrons. The number of rotatable bonds is 2. The number of aromatic nitrogens is 4. The van der Waals surface area contributed by atoms with Crippen molar-refractivity contribution in [3.8, 4) is 0 Å². The standard InChI is InChI=1S/C22H28N6/c1-16-7-6-8-18(17(16)2)26-11-13-27(14-12-26)21-20-22(24-15-23-21)28-10-5-3-4-9-19(28)25-20/h6-8,15H,3-5,9-14H2,1-2H3. The maximum Gasteiger partial charge on any atom is 0.165 e. The molecule has 5 rings (SSSR count). The molecule has 2 aromatic heterocycles. The van der Waals surface area contributed by atoms with Crippen molar-refractivity contribution in [2.24, 2.45) is 0 Å². The van der Waals surface area contributed by atoms with Gasteiger partial charge in [0.2, 0.25) is 0 Å². The fraction of sp³-hybridized carbons (Fsp3) is 0.500. The van der Waals surface area contributed by atoms with Crippen LogP contribution in [0.25, 0.3) is 11.2 Å². The third kappa shape index (κ3) is 2.91. The maximum absolute atomic E-state index is 4.97. The molecule has 0 atom stereocenters. The molecule has 0 bridgehead atoms. The number of fused-ring (bicyclic) bond motifs is 3. The van der Waals surface area contributed by atoms with E-state index in [0.29, 0.717) is 0 Å². The highest BCUT2D eigenvalue weighted by Gasteiger charge is 2.24. The first-order chi connectivity index (χ1) is 13.7. The second kappa shape index (κ2) is 7.08. The highest BCUT2D eigenvalue weighted by Crippen LogP contribution is 2.29. The Balaban J connectivity index is 1.41. The molecule has 6 nitrogen and oxygen atoms in total. The van der Waals surface area contributed by atoms with Gasteiger partial charge >= 0.3 is 0 Å².